The van der Waals surface area contributed by atoms with Crippen molar-refractivity contribution < 1.29 is 0 Å². The van der Waals surface area contributed by atoms with Crippen LogP contribution >= 0.6 is 11.8 Å². The van der Waals surface area contributed by atoms with Crippen molar-refractivity contribution in [1.82, 2.24) is 9.88 Å². The number of nitrogens with two attached hydrogens (primary N) is 1. The van der Waals surface area contributed by atoms with E-state index < -0.39 is 0 Å². The van der Waals surface area contributed by atoms with Gasteiger partial charge in [-0.2, -0.15) is 11.8 Å². The first-order chi connectivity index (χ1) is 7.13. The molecule has 0 saturated heterocycles. The lowest BCUT2D eigenvalue weighted by atomic mass is 10.2. The van der Waals surface area contributed by atoms with Crippen LogP contribution in [0.5, 0.6) is 0 Å². The highest BCUT2D eigenvalue weighted by Gasteiger charge is 2.09. The van der Waals surface area contributed by atoms with Gasteiger partial charge in [0.05, 0.1) is 5.69 Å². The van der Waals surface area contributed by atoms with Crippen LogP contribution in [0.15, 0.2) is 18.3 Å². The van der Waals surface area contributed by atoms with Crippen molar-refractivity contribution in [2.45, 2.75) is 19.5 Å². The monoisotopic (exact) mass is 225 g/mol. The van der Waals surface area contributed by atoms with Gasteiger partial charge in [0.1, 0.15) is 0 Å². The number of aromatic nitrogens is 1. The molecule has 2 N–H and O–H groups in total. The molecule has 0 amide bonds. The second-order valence-electron chi connectivity index (χ2n) is 3.80. The number of anilines is 1. The number of pyridine rings is 1. The molecule has 1 rings (SSSR count). The zero-order chi connectivity index (χ0) is 11.3. The minimum absolute atomic E-state index is 0.559. The summed E-state index contributed by atoms with van der Waals surface area (Å²) < 4.78 is 0. The highest BCUT2D eigenvalue weighted by Crippen LogP contribution is 2.09. The Bertz CT molecular complexity index is 304. The smallest absolute Gasteiger partial charge is 0.0564 e. The number of nitrogens with zero attached hydrogens (tertiary/aromatic N) is 2. The van der Waals surface area contributed by atoms with Crippen molar-refractivity contribution >= 4 is 17.4 Å². The summed E-state index contributed by atoms with van der Waals surface area (Å²) in [5.74, 6) is 1.14. The molecule has 4 heteroatoms. The molecule has 0 fully saturated rings. The Morgan fingerprint density at radius 3 is 2.93 bits per heavy atom. The molecular weight excluding hydrogens is 206 g/mol. The molecule has 84 valence electrons. The van der Waals surface area contributed by atoms with E-state index in [-0.39, 0.29) is 0 Å². The van der Waals surface area contributed by atoms with Gasteiger partial charge in [0.25, 0.3) is 0 Å². The Kier molecular flexibility index (Phi) is 4.91. The Hall–Kier alpha value is -0.740. The van der Waals surface area contributed by atoms with Crippen LogP contribution < -0.4 is 5.73 Å². The van der Waals surface area contributed by atoms with E-state index in [0.717, 1.165) is 23.7 Å². The van der Waals surface area contributed by atoms with E-state index >= 15 is 0 Å². The molecule has 1 aromatic heterocycles. The summed E-state index contributed by atoms with van der Waals surface area (Å²) in [6.07, 6.45) is 3.89. The fourth-order valence-corrected chi connectivity index (χ4v) is 2.10. The SMILES string of the molecule is CSCC(C)N(C)Cc1cc(N)ccn1. The third kappa shape index (κ3) is 4.10. The van der Waals surface area contributed by atoms with Crippen LogP contribution in [0.1, 0.15) is 12.6 Å². The minimum atomic E-state index is 0.559. The maximum absolute atomic E-state index is 5.71. The number of nitrogen functional groups attached to an aromatic ring is 1. The predicted molar refractivity (Wildman–Crippen MR) is 68.0 cm³/mol. The predicted octanol–water partition coefficient (Wildman–Crippen LogP) is 1.85. The van der Waals surface area contributed by atoms with Crippen molar-refractivity contribution in [2.75, 3.05) is 24.8 Å². The van der Waals surface area contributed by atoms with E-state index in [1.807, 2.05) is 23.9 Å². The average Bonchev–Trinajstić information content (AvgIpc) is 2.18. The summed E-state index contributed by atoms with van der Waals surface area (Å²) in [4.78, 5) is 6.58. The average molecular weight is 225 g/mol. The van der Waals surface area contributed by atoms with Gasteiger partial charge in [0.15, 0.2) is 0 Å². The van der Waals surface area contributed by atoms with Crippen LogP contribution in [0.2, 0.25) is 0 Å². The minimum Gasteiger partial charge on any atom is -0.399 e. The first-order valence-corrected chi connectivity index (χ1v) is 6.42. The Morgan fingerprint density at radius 2 is 2.33 bits per heavy atom. The van der Waals surface area contributed by atoms with Crippen molar-refractivity contribution in [3.63, 3.8) is 0 Å². The van der Waals surface area contributed by atoms with Crippen LogP contribution in [-0.2, 0) is 6.54 Å². The molecular formula is C11H19N3S. The molecule has 0 bridgehead atoms. The molecule has 1 aromatic rings. The summed E-state index contributed by atoms with van der Waals surface area (Å²) in [5.41, 5.74) is 7.52. The van der Waals surface area contributed by atoms with E-state index in [2.05, 4.69) is 30.1 Å². The van der Waals surface area contributed by atoms with Gasteiger partial charge in [-0.05, 0) is 32.4 Å². The van der Waals surface area contributed by atoms with Gasteiger partial charge >= 0.3 is 0 Å². The molecule has 0 saturated carbocycles. The summed E-state index contributed by atoms with van der Waals surface area (Å²) in [6, 6.07) is 4.31. The topological polar surface area (TPSA) is 42.1 Å². The molecule has 0 aliphatic rings. The van der Waals surface area contributed by atoms with Crippen LogP contribution in [-0.4, -0.2) is 35.0 Å². The lowest BCUT2D eigenvalue weighted by Crippen LogP contribution is -2.30. The fraction of sp³-hybridized carbons (Fsp3) is 0.545. The van der Waals surface area contributed by atoms with Gasteiger partial charge in [0, 0.05) is 30.2 Å². The van der Waals surface area contributed by atoms with Gasteiger partial charge < -0.3 is 5.73 Å². The first kappa shape index (κ1) is 12.3. The van der Waals surface area contributed by atoms with Crippen LogP contribution in [0.3, 0.4) is 0 Å². The third-order valence-corrected chi connectivity index (χ3v) is 3.23. The number of thioether (sulfide) groups is 1. The molecule has 3 nitrogen and oxygen atoms in total. The van der Waals surface area contributed by atoms with Crippen molar-refractivity contribution in [3.8, 4) is 0 Å². The second kappa shape index (κ2) is 5.98. The van der Waals surface area contributed by atoms with Gasteiger partial charge in [0.2, 0.25) is 0 Å². The van der Waals surface area contributed by atoms with Crippen LogP contribution in [0, 0.1) is 0 Å². The molecule has 1 atom stereocenters. The molecule has 0 aromatic carbocycles. The van der Waals surface area contributed by atoms with Gasteiger partial charge in [-0.3, -0.25) is 9.88 Å². The van der Waals surface area contributed by atoms with E-state index in [0.29, 0.717) is 6.04 Å². The zero-order valence-corrected chi connectivity index (χ0v) is 10.4. The number of rotatable bonds is 5. The second-order valence-corrected chi connectivity index (χ2v) is 4.71. The molecule has 15 heavy (non-hydrogen) atoms. The molecule has 0 radical (unpaired) electrons. The molecule has 1 heterocycles. The van der Waals surface area contributed by atoms with Crippen molar-refractivity contribution in [2.24, 2.45) is 0 Å². The summed E-state index contributed by atoms with van der Waals surface area (Å²) in [5, 5.41) is 0. The van der Waals surface area contributed by atoms with Gasteiger partial charge in [-0.25, -0.2) is 0 Å². The quantitative estimate of drug-likeness (QED) is 0.830. The van der Waals surface area contributed by atoms with Crippen LogP contribution in [0.25, 0.3) is 0 Å². The third-order valence-electron chi connectivity index (χ3n) is 2.41. The standard InChI is InChI=1S/C11H19N3S/c1-9(8-15-3)14(2)7-11-6-10(12)4-5-13-11/h4-6,9H,7-8H2,1-3H3,(H2,12,13). The zero-order valence-electron chi connectivity index (χ0n) is 9.60. The molecule has 1 unspecified atom stereocenters. The van der Waals surface area contributed by atoms with E-state index in [4.69, 9.17) is 5.73 Å². The van der Waals surface area contributed by atoms with Crippen molar-refractivity contribution in [3.05, 3.63) is 24.0 Å². The molecule has 0 aliphatic carbocycles. The van der Waals surface area contributed by atoms with Crippen molar-refractivity contribution in [1.29, 1.82) is 0 Å². The summed E-state index contributed by atoms with van der Waals surface area (Å²) in [6.45, 7) is 3.08. The van der Waals surface area contributed by atoms with E-state index in [9.17, 15) is 0 Å². The van der Waals surface area contributed by atoms with Gasteiger partial charge in [-0.15, -0.1) is 0 Å². The first-order valence-electron chi connectivity index (χ1n) is 5.03. The van der Waals surface area contributed by atoms with E-state index in [1.165, 1.54) is 0 Å². The Labute approximate surface area is 96.1 Å². The fourth-order valence-electron chi connectivity index (χ4n) is 1.36. The Balaban J connectivity index is 2.54. The van der Waals surface area contributed by atoms with Gasteiger partial charge in [-0.1, -0.05) is 0 Å². The van der Waals surface area contributed by atoms with E-state index in [1.54, 1.807) is 6.20 Å². The highest BCUT2D eigenvalue weighted by atomic mass is 32.2. The summed E-state index contributed by atoms with van der Waals surface area (Å²) in [7, 11) is 2.12. The summed E-state index contributed by atoms with van der Waals surface area (Å²) >= 11 is 1.87. The van der Waals surface area contributed by atoms with Crippen LogP contribution in [0.4, 0.5) is 5.69 Å². The number of hydrogen-bond acceptors (Lipinski definition) is 4. The number of hydrogen-bond donors (Lipinski definition) is 1. The lowest BCUT2D eigenvalue weighted by Gasteiger charge is -2.23. The molecule has 0 aliphatic heterocycles. The maximum Gasteiger partial charge on any atom is 0.0564 e. The largest absolute Gasteiger partial charge is 0.399 e. The highest BCUT2D eigenvalue weighted by molar-refractivity contribution is 7.98. The molecule has 0 spiro atoms. The maximum atomic E-state index is 5.71. The normalized spacial score (nSPS) is 13.1. The lowest BCUT2D eigenvalue weighted by molar-refractivity contribution is 0.266. The Morgan fingerprint density at radius 1 is 1.60 bits per heavy atom.